The van der Waals surface area contributed by atoms with Gasteiger partial charge in [0.2, 0.25) is 5.91 Å². The number of nitrogens with zero attached hydrogens (tertiary/aromatic N) is 1. The van der Waals surface area contributed by atoms with Gasteiger partial charge in [0, 0.05) is 26.1 Å². The highest BCUT2D eigenvalue weighted by Crippen LogP contribution is 2.03. The number of hydrogen-bond acceptors (Lipinski definition) is 4. The Morgan fingerprint density at radius 1 is 1.28 bits per heavy atom. The van der Waals surface area contributed by atoms with Crippen LogP contribution in [0.5, 0.6) is 0 Å². The number of nitrogens with one attached hydrogen (secondary N) is 1. The van der Waals surface area contributed by atoms with E-state index in [1.165, 1.54) is 7.11 Å². The summed E-state index contributed by atoms with van der Waals surface area (Å²) in [5.74, 6) is -0.495. The highest BCUT2D eigenvalue weighted by molar-refractivity contribution is 5.77. The van der Waals surface area contributed by atoms with Crippen molar-refractivity contribution in [3.63, 3.8) is 0 Å². The standard InChI is InChI=1S/C13H26N2O3/c1-10(2)14-8-6-7-12(16)15(4)9-11(3)13(17)18-5/h10-11,14H,6-9H2,1-5H3. The quantitative estimate of drug-likeness (QED) is 0.522. The molecule has 5 heteroatoms. The predicted octanol–water partition coefficient (Wildman–Crippen LogP) is 1.03. The first-order chi connectivity index (χ1) is 8.38. The molecule has 1 amide bonds. The van der Waals surface area contributed by atoms with Crippen molar-refractivity contribution in [3.8, 4) is 0 Å². The first kappa shape index (κ1) is 16.9. The molecule has 1 N–H and O–H groups in total. The van der Waals surface area contributed by atoms with Crippen molar-refractivity contribution in [3.05, 3.63) is 0 Å². The molecule has 0 aliphatic heterocycles. The minimum atomic E-state index is -0.281. The van der Waals surface area contributed by atoms with Crippen LogP contribution in [0.2, 0.25) is 0 Å². The molecule has 0 heterocycles. The van der Waals surface area contributed by atoms with E-state index >= 15 is 0 Å². The molecule has 0 aliphatic carbocycles. The van der Waals surface area contributed by atoms with Crippen molar-refractivity contribution >= 4 is 11.9 Å². The van der Waals surface area contributed by atoms with Gasteiger partial charge in [0.15, 0.2) is 0 Å². The summed E-state index contributed by atoms with van der Waals surface area (Å²) in [7, 11) is 3.08. The average Bonchev–Trinajstić information content (AvgIpc) is 2.32. The molecule has 5 nitrogen and oxygen atoms in total. The van der Waals surface area contributed by atoms with Gasteiger partial charge in [-0.25, -0.2) is 0 Å². The summed E-state index contributed by atoms with van der Waals surface area (Å²) in [5, 5.41) is 3.26. The molecular weight excluding hydrogens is 232 g/mol. The Hall–Kier alpha value is -1.10. The Kier molecular flexibility index (Phi) is 8.37. The van der Waals surface area contributed by atoms with E-state index < -0.39 is 0 Å². The molecule has 0 aromatic carbocycles. The topological polar surface area (TPSA) is 58.6 Å². The molecule has 1 atom stereocenters. The number of amides is 1. The van der Waals surface area contributed by atoms with E-state index in [1.807, 2.05) is 0 Å². The molecule has 18 heavy (non-hydrogen) atoms. The zero-order chi connectivity index (χ0) is 14.1. The molecule has 0 bridgehead atoms. The summed E-state index contributed by atoms with van der Waals surface area (Å²) in [5.41, 5.74) is 0. The van der Waals surface area contributed by atoms with Crippen LogP contribution < -0.4 is 5.32 Å². The van der Waals surface area contributed by atoms with E-state index in [0.29, 0.717) is 19.0 Å². The summed E-state index contributed by atoms with van der Waals surface area (Å²) < 4.78 is 4.63. The third-order valence-electron chi connectivity index (χ3n) is 2.70. The Morgan fingerprint density at radius 2 is 1.89 bits per heavy atom. The second-order valence-electron chi connectivity index (χ2n) is 4.91. The molecular formula is C13H26N2O3. The lowest BCUT2D eigenvalue weighted by atomic mass is 10.1. The molecule has 0 radical (unpaired) electrons. The third kappa shape index (κ3) is 7.27. The van der Waals surface area contributed by atoms with E-state index in [9.17, 15) is 9.59 Å². The Bertz CT molecular complexity index is 267. The van der Waals surface area contributed by atoms with Gasteiger partial charge >= 0.3 is 5.97 Å². The molecule has 0 saturated carbocycles. The zero-order valence-corrected chi connectivity index (χ0v) is 12.2. The van der Waals surface area contributed by atoms with Crippen LogP contribution in [-0.4, -0.2) is 50.1 Å². The maximum atomic E-state index is 11.8. The van der Waals surface area contributed by atoms with Crippen molar-refractivity contribution in [2.75, 3.05) is 27.2 Å². The van der Waals surface area contributed by atoms with Crippen LogP contribution in [-0.2, 0) is 14.3 Å². The van der Waals surface area contributed by atoms with Crippen molar-refractivity contribution in [1.82, 2.24) is 10.2 Å². The van der Waals surface area contributed by atoms with Gasteiger partial charge in [0.05, 0.1) is 13.0 Å². The fourth-order valence-electron chi connectivity index (χ4n) is 1.61. The largest absolute Gasteiger partial charge is 0.469 e. The summed E-state index contributed by atoms with van der Waals surface area (Å²) >= 11 is 0. The van der Waals surface area contributed by atoms with Crippen LogP contribution in [0.1, 0.15) is 33.6 Å². The van der Waals surface area contributed by atoms with Gasteiger partial charge in [-0.2, -0.15) is 0 Å². The lowest BCUT2D eigenvalue weighted by molar-refractivity contribution is -0.146. The van der Waals surface area contributed by atoms with Gasteiger partial charge < -0.3 is 15.0 Å². The predicted molar refractivity (Wildman–Crippen MR) is 71.2 cm³/mol. The normalized spacial score (nSPS) is 12.3. The molecule has 0 saturated heterocycles. The van der Waals surface area contributed by atoms with Crippen LogP contribution in [0, 0.1) is 5.92 Å². The first-order valence-electron chi connectivity index (χ1n) is 6.43. The van der Waals surface area contributed by atoms with Crippen LogP contribution in [0.3, 0.4) is 0 Å². The monoisotopic (exact) mass is 258 g/mol. The molecule has 0 fully saturated rings. The van der Waals surface area contributed by atoms with Crippen LogP contribution >= 0.6 is 0 Å². The smallest absolute Gasteiger partial charge is 0.310 e. The molecule has 0 spiro atoms. The van der Waals surface area contributed by atoms with E-state index in [4.69, 9.17) is 0 Å². The number of carbonyl (C=O) groups excluding carboxylic acids is 2. The maximum absolute atomic E-state index is 11.8. The molecule has 0 aliphatic rings. The van der Waals surface area contributed by atoms with Gasteiger partial charge in [-0.1, -0.05) is 20.8 Å². The number of ether oxygens (including phenoxy) is 1. The van der Waals surface area contributed by atoms with Crippen molar-refractivity contribution < 1.29 is 14.3 Å². The molecule has 0 aromatic heterocycles. The summed E-state index contributed by atoms with van der Waals surface area (Å²) in [6.07, 6.45) is 1.32. The maximum Gasteiger partial charge on any atom is 0.310 e. The number of carbonyl (C=O) groups is 2. The molecule has 0 aromatic rings. The number of hydrogen-bond donors (Lipinski definition) is 1. The molecule has 0 rings (SSSR count). The van der Waals surface area contributed by atoms with E-state index in [0.717, 1.165) is 13.0 Å². The van der Waals surface area contributed by atoms with Gasteiger partial charge in [0.25, 0.3) is 0 Å². The fourth-order valence-corrected chi connectivity index (χ4v) is 1.61. The molecule has 106 valence electrons. The highest BCUT2D eigenvalue weighted by atomic mass is 16.5. The first-order valence-corrected chi connectivity index (χ1v) is 6.43. The third-order valence-corrected chi connectivity index (χ3v) is 2.70. The lowest BCUT2D eigenvalue weighted by Gasteiger charge is -2.20. The fraction of sp³-hybridized carbons (Fsp3) is 0.846. The minimum absolute atomic E-state index is 0.0660. The van der Waals surface area contributed by atoms with E-state index in [2.05, 4.69) is 23.9 Å². The van der Waals surface area contributed by atoms with Crippen LogP contribution in [0.4, 0.5) is 0 Å². The number of esters is 1. The second-order valence-corrected chi connectivity index (χ2v) is 4.91. The van der Waals surface area contributed by atoms with Crippen LogP contribution in [0.15, 0.2) is 0 Å². The zero-order valence-electron chi connectivity index (χ0n) is 12.2. The van der Waals surface area contributed by atoms with Crippen LogP contribution in [0.25, 0.3) is 0 Å². The number of methoxy groups -OCH3 is 1. The molecule has 1 unspecified atom stereocenters. The van der Waals surface area contributed by atoms with Gasteiger partial charge in [-0.05, 0) is 13.0 Å². The van der Waals surface area contributed by atoms with E-state index in [1.54, 1.807) is 18.9 Å². The van der Waals surface area contributed by atoms with Crippen molar-refractivity contribution in [2.45, 2.75) is 39.7 Å². The summed E-state index contributed by atoms with van der Waals surface area (Å²) in [6.45, 7) is 7.15. The Labute approximate surface area is 110 Å². The number of rotatable bonds is 8. The minimum Gasteiger partial charge on any atom is -0.469 e. The van der Waals surface area contributed by atoms with Gasteiger partial charge in [0.1, 0.15) is 0 Å². The summed E-state index contributed by atoms with van der Waals surface area (Å²) in [6, 6.07) is 0.442. The van der Waals surface area contributed by atoms with Gasteiger partial charge in [-0.3, -0.25) is 9.59 Å². The Morgan fingerprint density at radius 3 is 2.39 bits per heavy atom. The Balaban J connectivity index is 3.85. The highest BCUT2D eigenvalue weighted by Gasteiger charge is 2.18. The second kappa shape index (κ2) is 8.91. The SMILES string of the molecule is COC(=O)C(C)CN(C)C(=O)CCCNC(C)C. The summed E-state index contributed by atoms with van der Waals surface area (Å²) in [4.78, 5) is 24.6. The van der Waals surface area contributed by atoms with Crippen molar-refractivity contribution in [1.29, 1.82) is 0 Å². The van der Waals surface area contributed by atoms with Crippen molar-refractivity contribution in [2.24, 2.45) is 5.92 Å². The lowest BCUT2D eigenvalue weighted by Crippen LogP contribution is -2.34. The van der Waals surface area contributed by atoms with E-state index in [-0.39, 0.29) is 17.8 Å². The average molecular weight is 258 g/mol. The van der Waals surface area contributed by atoms with Gasteiger partial charge in [-0.15, -0.1) is 0 Å².